The number of hydrogen-bond acceptors (Lipinski definition) is 7. The maximum Gasteiger partial charge on any atom is 0.267 e. The molecule has 0 N–H and O–H groups in total. The summed E-state index contributed by atoms with van der Waals surface area (Å²) in [5, 5.41) is 10.0. The van der Waals surface area contributed by atoms with Crippen molar-refractivity contribution in [3.05, 3.63) is 101 Å². The van der Waals surface area contributed by atoms with E-state index in [1.54, 1.807) is 24.0 Å². The molecule has 0 unspecified atom stereocenters. The molecule has 0 aliphatic heterocycles. The normalized spacial score (nSPS) is 11.3. The Labute approximate surface area is 203 Å². The Morgan fingerprint density at radius 3 is 2.66 bits per heavy atom. The summed E-state index contributed by atoms with van der Waals surface area (Å²) >= 11 is 1.48. The minimum Gasteiger partial charge on any atom is -0.497 e. The smallest absolute Gasteiger partial charge is 0.267 e. The Morgan fingerprint density at radius 1 is 0.971 bits per heavy atom. The fourth-order valence-corrected chi connectivity index (χ4v) is 4.80. The van der Waals surface area contributed by atoms with Crippen molar-refractivity contribution >= 4 is 28.4 Å². The van der Waals surface area contributed by atoms with Crippen LogP contribution in [0.4, 0.5) is 0 Å². The molecule has 3 heterocycles. The predicted octanol–water partition coefficient (Wildman–Crippen LogP) is 4.99. The van der Waals surface area contributed by atoms with Crippen LogP contribution < -0.4 is 10.3 Å². The standard InChI is InChI=1S/C26H19N5O3S/c1-33-20-11-7-10-19(14-20)30-24(32)21-12-5-6-13-22(21)31-25(30)28-29-26(31)35-16-18-15-34-23(27-18)17-8-3-2-4-9-17/h2-15H,16H2,1H3. The minimum atomic E-state index is -0.172. The first-order valence-electron chi connectivity index (χ1n) is 10.9. The summed E-state index contributed by atoms with van der Waals surface area (Å²) in [5.41, 5.74) is 2.93. The van der Waals surface area contributed by atoms with E-state index in [1.807, 2.05) is 77.2 Å². The van der Waals surface area contributed by atoms with Crippen molar-refractivity contribution < 1.29 is 9.15 Å². The van der Waals surface area contributed by atoms with Gasteiger partial charge in [-0.05, 0) is 36.4 Å². The van der Waals surface area contributed by atoms with Gasteiger partial charge >= 0.3 is 0 Å². The highest BCUT2D eigenvalue weighted by Crippen LogP contribution is 2.27. The van der Waals surface area contributed by atoms with Crippen LogP contribution >= 0.6 is 11.8 Å². The van der Waals surface area contributed by atoms with Crippen molar-refractivity contribution in [2.75, 3.05) is 7.11 Å². The highest BCUT2D eigenvalue weighted by molar-refractivity contribution is 7.98. The largest absolute Gasteiger partial charge is 0.497 e. The van der Waals surface area contributed by atoms with Crippen LogP contribution in [0.2, 0.25) is 0 Å². The van der Waals surface area contributed by atoms with E-state index in [4.69, 9.17) is 9.15 Å². The van der Waals surface area contributed by atoms with Crippen molar-refractivity contribution in [2.24, 2.45) is 0 Å². The number of ether oxygens (including phenoxy) is 1. The zero-order valence-electron chi connectivity index (χ0n) is 18.7. The average molecular weight is 482 g/mol. The second-order valence-corrected chi connectivity index (χ2v) is 8.72. The van der Waals surface area contributed by atoms with Crippen LogP contribution in [-0.2, 0) is 5.75 Å². The summed E-state index contributed by atoms with van der Waals surface area (Å²) in [7, 11) is 1.59. The lowest BCUT2D eigenvalue weighted by molar-refractivity contribution is 0.414. The number of rotatable bonds is 6. The van der Waals surface area contributed by atoms with E-state index in [1.165, 1.54) is 11.8 Å². The van der Waals surface area contributed by atoms with Gasteiger partial charge in [-0.2, -0.15) is 0 Å². The zero-order valence-corrected chi connectivity index (χ0v) is 19.5. The monoisotopic (exact) mass is 481 g/mol. The third-order valence-corrected chi connectivity index (χ3v) is 6.59. The number of nitrogens with zero attached hydrogens (tertiary/aromatic N) is 5. The van der Waals surface area contributed by atoms with E-state index in [-0.39, 0.29) is 5.56 Å². The molecule has 0 amide bonds. The Bertz CT molecular complexity index is 1720. The third-order valence-electron chi connectivity index (χ3n) is 5.63. The van der Waals surface area contributed by atoms with Crippen molar-refractivity contribution in [1.82, 2.24) is 24.1 Å². The van der Waals surface area contributed by atoms with Gasteiger partial charge in [-0.25, -0.2) is 9.55 Å². The molecule has 0 fully saturated rings. The quantitative estimate of drug-likeness (QED) is 0.310. The molecule has 0 saturated carbocycles. The number of para-hydroxylation sites is 1. The van der Waals surface area contributed by atoms with E-state index in [9.17, 15) is 4.79 Å². The van der Waals surface area contributed by atoms with E-state index in [0.717, 1.165) is 16.8 Å². The Kier molecular flexibility index (Phi) is 5.31. The van der Waals surface area contributed by atoms with Crippen LogP contribution in [0.3, 0.4) is 0 Å². The predicted molar refractivity (Wildman–Crippen MR) is 134 cm³/mol. The van der Waals surface area contributed by atoms with Gasteiger partial charge in [0.15, 0.2) is 5.16 Å². The highest BCUT2D eigenvalue weighted by Gasteiger charge is 2.19. The number of fused-ring (bicyclic) bond motifs is 3. The molecule has 0 spiro atoms. The number of thioether (sulfide) groups is 1. The van der Waals surface area contributed by atoms with E-state index >= 15 is 0 Å². The van der Waals surface area contributed by atoms with Gasteiger partial charge in [0.25, 0.3) is 5.56 Å². The fraction of sp³-hybridized carbons (Fsp3) is 0.0769. The summed E-state index contributed by atoms with van der Waals surface area (Å²) in [6, 6.07) is 24.5. The van der Waals surface area contributed by atoms with Crippen LogP contribution in [0.5, 0.6) is 5.75 Å². The first-order chi connectivity index (χ1) is 17.2. The molecule has 0 aliphatic rings. The average Bonchev–Trinajstić information content (AvgIpc) is 3.56. The lowest BCUT2D eigenvalue weighted by Gasteiger charge is -2.12. The van der Waals surface area contributed by atoms with Crippen LogP contribution in [0.25, 0.3) is 33.8 Å². The molecule has 0 saturated heterocycles. The topological polar surface area (TPSA) is 87.5 Å². The minimum absolute atomic E-state index is 0.172. The Balaban J connectivity index is 1.43. The molecule has 8 nitrogen and oxygen atoms in total. The van der Waals surface area contributed by atoms with Gasteiger partial charge in [0.05, 0.1) is 29.4 Å². The molecule has 0 aliphatic carbocycles. The highest BCUT2D eigenvalue weighted by atomic mass is 32.2. The van der Waals surface area contributed by atoms with Gasteiger partial charge in [0, 0.05) is 17.4 Å². The van der Waals surface area contributed by atoms with Crippen molar-refractivity contribution in [3.8, 4) is 22.9 Å². The maximum absolute atomic E-state index is 13.5. The van der Waals surface area contributed by atoms with Crippen LogP contribution in [0.15, 0.2) is 99.5 Å². The second kappa shape index (κ2) is 8.77. The van der Waals surface area contributed by atoms with Crippen molar-refractivity contribution in [2.45, 2.75) is 10.9 Å². The first kappa shape index (κ1) is 21.2. The van der Waals surface area contributed by atoms with Gasteiger partial charge in [-0.1, -0.05) is 48.2 Å². The Hall–Kier alpha value is -4.37. The molecule has 6 aromatic rings. The summed E-state index contributed by atoms with van der Waals surface area (Å²) < 4.78 is 14.5. The molecule has 172 valence electrons. The molecule has 0 bridgehead atoms. The molecule has 6 rings (SSSR count). The summed E-state index contributed by atoms with van der Waals surface area (Å²) in [6.07, 6.45) is 1.66. The number of aromatic nitrogens is 5. The Morgan fingerprint density at radius 2 is 1.80 bits per heavy atom. The van der Waals surface area contributed by atoms with E-state index in [0.29, 0.717) is 39.4 Å². The van der Waals surface area contributed by atoms with Crippen molar-refractivity contribution in [1.29, 1.82) is 0 Å². The number of methoxy groups -OCH3 is 1. The molecular weight excluding hydrogens is 462 g/mol. The van der Waals surface area contributed by atoms with Gasteiger partial charge in [0.1, 0.15) is 12.0 Å². The first-order valence-corrected chi connectivity index (χ1v) is 11.9. The van der Waals surface area contributed by atoms with Crippen LogP contribution in [0.1, 0.15) is 5.69 Å². The molecular formula is C26H19N5O3S. The van der Waals surface area contributed by atoms with Gasteiger partial charge < -0.3 is 9.15 Å². The SMILES string of the molecule is COc1cccc(-n2c(=O)c3ccccc3n3c(SCc4coc(-c5ccccc5)n4)nnc23)c1. The molecule has 0 radical (unpaired) electrons. The molecule has 0 atom stereocenters. The lowest BCUT2D eigenvalue weighted by atomic mass is 10.2. The van der Waals surface area contributed by atoms with Crippen molar-refractivity contribution in [3.63, 3.8) is 0 Å². The van der Waals surface area contributed by atoms with Gasteiger partial charge in [-0.3, -0.25) is 9.20 Å². The third kappa shape index (κ3) is 3.75. The fourth-order valence-electron chi connectivity index (χ4n) is 3.98. The van der Waals surface area contributed by atoms with Crippen LogP contribution in [-0.4, -0.2) is 31.3 Å². The van der Waals surface area contributed by atoms with Gasteiger partial charge in [0.2, 0.25) is 11.7 Å². The van der Waals surface area contributed by atoms with Gasteiger partial charge in [-0.15, -0.1) is 10.2 Å². The summed E-state index contributed by atoms with van der Waals surface area (Å²) in [4.78, 5) is 18.1. The molecule has 3 aromatic carbocycles. The zero-order chi connectivity index (χ0) is 23.8. The summed E-state index contributed by atoms with van der Waals surface area (Å²) in [6.45, 7) is 0. The van der Waals surface area contributed by atoms with E-state index in [2.05, 4.69) is 15.2 Å². The molecule has 35 heavy (non-hydrogen) atoms. The van der Waals surface area contributed by atoms with E-state index < -0.39 is 0 Å². The second-order valence-electron chi connectivity index (χ2n) is 7.78. The summed E-state index contributed by atoms with van der Waals surface area (Å²) in [5.74, 6) is 2.18. The van der Waals surface area contributed by atoms with Crippen LogP contribution in [0, 0.1) is 0 Å². The number of hydrogen-bond donors (Lipinski definition) is 0. The molecule has 3 aromatic heterocycles. The maximum atomic E-state index is 13.5. The lowest BCUT2D eigenvalue weighted by Crippen LogP contribution is -2.21. The molecule has 9 heteroatoms. The number of oxazole rings is 1. The number of benzene rings is 3.